The Hall–Kier alpha value is -0.900. The van der Waals surface area contributed by atoms with Crippen molar-refractivity contribution in [3.05, 3.63) is 0 Å². The molecular formula is C10H16N2O2. The lowest BCUT2D eigenvalue weighted by Crippen LogP contribution is -2.65. The van der Waals surface area contributed by atoms with Gasteiger partial charge in [0, 0.05) is 0 Å². The van der Waals surface area contributed by atoms with Crippen LogP contribution >= 0.6 is 0 Å². The molecule has 1 saturated heterocycles. The molecule has 14 heavy (non-hydrogen) atoms. The smallest absolute Gasteiger partial charge is 0.246 e. The second-order valence-electron chi connectivity index (χ2n) is 4.23. The van der Waals surface area contributed by atoms with Crippen molar-refractivity contribution in [1.82, 2.24) is 10.6 Å². The van der Waals surface area contributed by atoms with Gasteiger partial charge >= 0.3 is 0 Å². The number of carbonyl (C=O) groups excluding carboxylic acids is 2. The van der Waals surface area contributed by atoms with Gasteiger partial charge in [0.25, 0.3) is 0 Å². The van der Waals surface area contributed by atoms with Crippen molar-refractivity contribution in [2.45, 2.75) is 44.1 Å². The zero-order chi connectivity index (χ0) is 10.0. The molecule has 0 radical (unpaired) electrons. The third-order valence-electron chi connectivity index (χ3n) is 3.23. The molecule has 0 bridgehead atoms. The van der Waals surface area contributed by atoms with E-state index in [1.807, 2.05) is 0 Å². The van der Waals surface area contributed by atoms with Crippen LogP contribution in [-0.2, 0) is 9.59 Å². The van der Waals surface area contributed by atoms with Gasteiger partial charge in [-0.15, -0.1) is 0 Å². The Bertz CT molecular complexity index is 255. The van der Waals surface area contributed by atoms with Crippen molar-refractivity contribution in [2.24, 2.45) is 0 Å². The second kappa shape index (κ2) is 3.69. The predicted octanol–water partition coefficient (Wildman–Crippen LogP) is 0.325. The molecule has 2 aliphatic rings. The van der Waals surface area contributed by atoms with E-state index in [1.54, 1.807) is 0 Å². The summed E-state index contributed by atoms with van der Waals surface area (Å²) in [5, 5.41) is 5.54. The van der Waals surface area contributed by atoms with E-state index in [2.05, 4.69) is 10.6 Å². The van der Waals surface area contributed by atoms with Gasteiger partial charge in [0.1, 0.15) is 0 Å². The summed E-state index contributed by atoms with van der Waals surface area (Å²) in [6.07, 6.45) is 6.29. The zero-order valence-electron chi connectivity index (χ0n) is 8.27. The summed E-state index contributed by atoms with van der Waals surface area (Å²) in [5.41, 5.74) is -0.440. The van der Waals surface area contributed by atoms with Crippen LogP contribution in [-0.4, -0.2) is 23.9 Å². The van der Waals surface area contributed by atoms with Gasteiger partial charge < -0.3 is 0 Å². The maximum absolute atomic E-state index is 11.7. The highest BCUT2D eigenvalue weighted by atomic mass is 16.2. The van der Waals surface area contributed by atoms with Crippen LogP contribution in [0.5, 0.6) is 0 Å². The molecule has 1 spiro atoms. The molecule has 1 aliphatic carbocycles. The maximum Gasteiger partial charge on any atom is 0.246 e. The fourth-order valence-corrected chi connectivity index (χ4v) is 2.36. The van der Waals surface area contributed by atoms with Crippen LogP contribution in [0.15, 0.2) is 0 Å². The summed E-state index contributed by atoms with van der Waals surface area (Å²) in [6.45, 7) is 0.283. The van der Waals surface area contributed by atoms with Crippen LogP contribution in [0.3, 0.4) is 0 Å². The Labute approximate surface area is 83.4 Å². The molecule has 2 rings (SSSR count). The van der Waals surface area contributed by atoms with Gasteiger partial charge in [-0.3, -0.25) is 20.2 Å². The molecule has 2 fully saturated rings. The van der Waals surface area contributed by atoms with Gasteiger partial charge in [0.2, 0.25) is 11.8 Å². The fraction of sp³-hybridized carbons (Fsp3) is 0.800. The largest absolute Gasteiger partial charge is 0.295 e. The number of hydrogen-bond donors (Lipinski definition) is 2. The fourth-order valence-electron chi connectivity index (χ4n) is 2.36. The van der Waals surface area contributed by atoms with Crippen LogP contribution in [0.1, 0.15) is 38.5 Å². The molecule has 1 aliphatic heterocycles. The quantitative estimate of drug-likeness (QED) is 0.549. The van der Waals surface area contributed by atoms with Gasteiger partial charge in [-0.25, -0.2) is 0 Å². The summed E-state index contributed by atoms with van der Waals surface area (Å²) >= 11 is 0. The van der Waals surface area contributed by atoms with Gasteiger partial charge in [-0.05, 0) is 12.8 Å². The molecule has 0 atom stereocenters. The average molecular weight is 196 g/mol. The Morgan fingerprint density at radius 3 is 2.21 bits per heavy atom. The first-order chi connectivity index (χ1) is 6.73. The van der Waals surface area contributed by atoms with Gasteiger partial charge in [0.05, 0.1) is 12.1 Å². The third-order valence-corrected chi connectivity index (χ3v) is 3.23. The maximum atomic E-state index is 11.7. The van der Waals surface area contributed by atoms with Crippen molar-refractivity contribution >= 4 is 11.8 Å². The number of amides is 2. The van der Waals surface area contributed by atoms with Crippen molar-refractivity contribution in [3.8, 4) is 0 Å². The molecule has 2 N–H and O–H groups in total. The van der Waals surface area contributed by atoms with E-state index in [-0.39, 0.29) is 18.4 Å². The molecule has 0 aromatic rings. The zero-order valence-corrected chi connectivity index (χ0v) is 8.27. The lowest BCUT2D eigenvalue weighted by atomic mass is 9.87. The Kier molecular flexibility index (Phi) is 2.54. The van der Waals surface area contributed by atoms with E-state index in [1.165, 1.54) is 12.8 Å². The highest BCUT2D eigenvalue weighted by molar-refractivity contribution is 6.03. The third kappa shape index (κ3) is 1.66. The van der Waals surface area contributed by atoms with Gasteiger partial charge in [-0.2, -0.15) is 0 Å². The van der Waals surface area contributed by atoms with E-state index in [0.29, 0.717) is 0 Å². The van der Waals surface area contributed by atoms with Crippen LogP contribution in [0.25, 0.3) is 0 Å². The number of nitrogens with one attached hydrogen (secondary N) is 2. The first-order valence-electron chi connectivity index (χ1n) is 5.32. The minimum absolute atomic E-state index is 0.115. The molecule has 1 heterocycles. The molecular weight excluding hydrogens is 180 g/mol. The molecule has 2 amide bonds. The van der Waals surface area contributed by atoms with E-state index >= 15 is 0 Å². The molecule has 0 aromatic heterocycles. The van der Waals surface area contributed by atoms with Crippen molar-refractivity contribution < 1.29 is 9.59 Å². The van der Waals surface area contributed by atoms with E-state index < -0.39 is 5.54 Å². The van der Waals surface area contributed by atoms with Crippen molar-refractivity contribution in [2.75, 3.05) is 6.54 Å². The summed E-state index contributed by atoms with van der Waals surface area (Å²) in [7, 11) is 0. The van der Waals surface area contributed by atoms with Crippen LogP contribution in [0, 0.1) is 0 Å². The number of carbonyl (C=O) groups is 2. The summed E-state index contributed by atoms with van der Waals surface area (Å²) in [6, 6.07) is 0. The first kappa shape index (κ1) is 9.65. The summed E-state index contributed by atoms with van der Waals surface area (Å²) in [4.78, 5) is 22.7. The lowest BCUT2D eigenvalue weighted by Gasteiger charge is -2.35. The standard InChI is InChI=1S/C10H16N2O2/c13-8-7-11-10(9(14)12-8)5-3-1-2-4-6-10/h11H,1-7H2,(H,12,13,14). The van der Waals surface area contributed by atoms with Crippen LogP contribution in [0.4, 0.5) is 0 Å². The number of hydrogen-bond acceptors (Lipinski definition) is 3. The highest BCUT2D eigenvalue weighted by Crippen LogP contribution is 2.28. The summed E-state index contributed by atoms with van der Waals surface area (Å²) < 4.78 is 0. The van der Waals surface area contributed by atoms with E-state index in [0.717, 1.165) is 25.7 Å². The van der Waals surface area contributed by atoms with Crippen LogP contribution in [0.2, 0.25) is 0 Å². The van der Waals surface area contributed by atoms with E-state index in [4.69, 9.17) is 0 Å². The Morgan fingerprint density at radius 2 is 1.64 bits per heavy atom. The molecule has 78 valence electrons. The number of imide groups is 1. The first-order valence-corrected chi connectivity index (χ1v) is 5.32. The lowest BCUT2D eigenvalue weighted by molar-refractivity contribution is -0.138. The van der Waals surface area contributed by atoms with Gasteiger partial charge in [-0.1, -0.05) is 25.7 Å². The number of piperazine rings is 1. The predicted molar refractivity (Wildman–Crippen MR) is 51.6 cm³/mol. The summed E-state index contributed by atoms with van der Waals surface area (Å²) in [5.74, 6) is -0.319. The SMILES string of the molecule is O=C1CNC2(CCCCCC2)C(=O)N1. The minimum Gasteiger partial charge on any atom is -0.295 e. The van der Waals surface area contributed by atoms with Crippen LogP contribution < -0.4 is 10.6 Å². The normalized spacial score (nSPS) is 27.1. The Balaban J connectivity index is 2.12. The molecule has 4 heteroatoms. The van der Waals surface area contributed by atoms with Crippen molar-refractivity contribution in [1.29, 1.82) is 0 Å². The van der Waals surface area contributed by atoms with Crippen molar-refractivity contribution in [3.63, 3.8) is 0 Å². The molecule has 1 saturated carbocycles. The molecule has 0 unspecified atom stereocenters. The number of rotatable bonds is 0. The topological polar surface area (TPSA) is 58.2 Å². The minimum atomic E-state index is -0.440. The molecule has 0 aromatic carbocycles. The second-order valence-corrected chi connectivity index (χ2v) is 4.23. The average Bonchev–Trinajstić information content (AvgIpc) is 2.39. The Morgan fingerprint density at radius 1 is 1.00 bits per heavy atom. The van der Waals surface area contributed by atoms with Gasteiger partial charge in [0.15, 0.2) is 0 Å². The molecule has 4 nitrogen and oxygen atoms in total. The highest BCUT2D eigenvalue weighted by Gasteiger charge is 2.41. The van der Waals surface area contributed by atoms with E-state index in [9.17, 15) is 9.59 Å². The monoisotopic (exact) mass is 196 g/mol.